The zero-order valence-electron chi connectivity index (χ0n) is 30.4. The van der Waals surface area contributed by atoms with Gasteiger partial charge in [-0.15, -0.1) is 0 Å². The minimum absolute atomic E-state index is 0. The average Bonchev–Trinajstić information content (AvgIpc) is 3.58. The molecule has 1 aliphatic heterocycles. The van der Waals surface area contributed by atoms with Crippen LogP contribution in [0.25, 0.3) is 0 Å². The number of ether oxygens (including phenoxy) is 1. The summed E-state index contributed by atoms with van der Waals surface area (Å²) >= 11 is 3.43. The maximum absolute atomic E-state index is 10.3. The van der Waals surface area contributed by atoms with Crippen LogP contribution in [-0.2, 0) is 9.53 Å². The Hall–Kier alpha value is 1.22. The molecule has 0 aromatic rings. The average molecular weight is 673 g/mol. The molecule has 0 radical (unpaired) electrons. The van der Waals surface area contributed by atoms with E-state index in [1.807, 2.05) is 11.8 Å². The summed E-state index contributed by atoms with van der Waals surface area (Å²) in [7, 11) is 0. The number of aliphatic hydroxyl groups is 1. The monoisotopic (exact) mass is 673 g/mol. The summed E-state index contributed by atoms with van der Waals surface area (Å²) in [6, 6.07) is 0. The van der Waals surface area contributed by atoms with Gasteiger partial charge in [0.25, 0.3) is 0 Å². The fourth-order valence-electron chi connectivity index (χ4n) is 4.93. The topological polar surface area (TPSA) is 66.8 Å². The van der Waals surface area contributed by atoms with Crippen LogP contribution in [0.3, 0.4) is 0 Å². The minimum Gasteiger partial charge on any atom is -1.00 e. The van der Waals surface area contributed by atoms with Crippen LogP contribution in [0.5, 0.6) is 0 Å². The molecule has 1 fully saturated rings. The predicted molar refractivity (Wildman–Crippen MR) is 203 cm³/mol. The fourth-order valence-corrected chi connectivity index (χ4v) is 6.40. The van der Waals surface area contributed by atoms with Gasteiger partial charge in [-0.2, -0.15) is 23.5 Å². The molecule has 1 saturated heterocycles. The second kappa shape index (κ2) is 51.1. The Balaban J connectivity index is -0.000000193. The normalized spacial score (nSPS) is 11.9. The molecule has 1 heterocycles. The number of carboxylic acids is 1. The van der Waals surface area contributed by atoms with Crippen molar-refractivity contribution in [3.63, 3.8) is 0 Å². The quantitative estimate of drug-likeness (QED) is 0.0604. The van der Waals surface area contributed by atoms with Crippen molar-refractivity contribution in [3.05, 3.63) is 0 Å². The van der Waals surface area contributed by atoms with Crippen molar-refractivity contribution >= 4 is 46.9 Å². The third-order valence-corrected chi connectivity index (χ3v) is 9.65. The molecular weight excluding hydrogens is 594 g/mol. The van der Waals surface area contributed by atoms with Crippen molar-refractivity contribution < 1.29 is 40.0 Å². The summed E-state index contributed by atoms with van der Waals surface area (Å²) < 4.78 is 4.94. The number of aliphatic hydroxyl groups excluding tert-OH is 1. The van der Waals surface area contributed by atoms with E-state index in [2.05, 4.69) is 13.8 Å². The second-order valence-corrected chi connectivity index (χ2v) is 14.2. The first-order chi connectivity index (χ1) is 20.7. The molecule has 1 aliphatic rings. The number of hydrogen-bond donors (Lipinski definition) is 2. The van der Waals surface area contributed by atoms with E-state index in [1.165, 1.54) is 173 Å². The molecule has 0 amide bonds. The van der Waals surface area contributed by atoms with Gasteiger partial charge in [-0.25, -0.2) is 0 Å². The molecule has 0 spiro atoms. The van der Waals surface area contributed by atoms with Crippen molar-refractivity contribution in [1.82, 2.24) is 0 Å². The largest absolute Gasteiger partial charge is 1.00 e. The minimum atomic E-state index is -0.691. The van der Waals surface area contributed by atoms with E-state index >= 15 is 0 Å². The number of thioether (sulfide) groups is 2. The van der Waals surface area contributed by atoms with Gasteiger partial charge >= 0.3 is 24.8 Å². The van der Waals surface area contributed by atoms with Gasteiger partial charge in [-0.3, -0.25) is 4.79 Å². The number of carboxylic acid groups (broad SMARTS) is 1. The molecule has 8 heteroatoms. The first-order valence-electron chi connectivity index (χ1n) is 18.2. The van der Waals surface area contributed by atoms with Gasteiger partial charge in [0.05, 0.1) is 12.4 Å². The van der Waals surface area contributed by atoms with E-state index in [0.29, 0.717) is 6.61 Å². The molecule has 2 N–H and O–H groups in total. The van der Waals surface area contributed by atoms with E-state index in [9.17, 15) is 4.79 Å². The molecule has 0 aliphatic carbocycles. The van der Waals surface area contributed by atoms with Gasteiger partial charge < -0.3 is 16.4 Å². The van der Waals surface area contributed by atoms with Crippen LogP contribution in [-0.4, -0.2) is 76.4 Å². The van der Waals surface area contributed by atoms with Crippen LogP contribution >= 0.6 is 23.5 Å². The Morgan fingerprint density at radius 1 is 0.568 bits per heavy atom. The van der Waals surface area contributed by atoms with Crippen LogP contribution in [0.1, 0.15) is 182 Å². The van der Waals surface area contributed by atoms with E-state index < -0.39 is 5.97 Å². The predicted octanol–water partition coefficient (Wildman–Crippen LogP) is 7.65. The Bertz CT molecular complexity index is 472. The van der Waals surface area contributed by atoms with Gasteiger partial charge in [0.2, 0.25) is 0 Å². The van der Waals surface area contributed by atoms with Crippen molar-refractivity contribution in [2.24, 2.45) is 0 Å². The summed E-state index contributed by atoms with van der Waals surface area (Å²) in [5.74, 6) is 2.72. The van der Waals surface area contributed by atoms with Gasteiger partial charge in [0.1, 0.15) is 0 Å². The first kappa shape index (κ1) is 52.0. The van der Waals surface area contributed by atoms with E-state index in [0.717, 1.165) is 24.7 Å². The zero-order valence-corrected chi connectivity index (χ0v) is 31.0. The van der Waals surface area contributed by atoms with Crippen molar-refractivity contribution in [2.45, 2.75) is 181 Å². The number of carbonyl (C=O) groups is 1. The summed E-state index contributed by atoms with van der Waals surface area (Å²) in [6.07, 6.45) is 35.9. The number of unbranched alkanes of at least 4 members (excludes halogenated alkanes) is 22. The molecule has 4 nitrogen and oxygen atoms in total. The van der Waals surface area contributed by atoms with Crippen LogP contribution in [0.2, 0.25) is 0 Å². The molecular formula is C36H78AlLiO4S2. The number of hydrogen-bond acceptors (Lipinski definition) is 5. The fraction of sp³-hybridized carbons (Fsp3) is 0.972. The van der Waals surface area contributed by atoms with Crippen LogP contribution < -0.4 is 18.9 Å². The summed E-state index contributed by atoms with van der Waals surface area (Å²) in [5.41, 5.74) is 0. The van der Waals surface area contributed by atoms with Gasteiger partial charge in [0.15, 0.2) is 17.4 Å². The number of aliphatic carboxylic acids is 1. The Kier molecular flexibility index (Phi) is 60.4. The van der Waals surface area contributed by atoms with Crippen LogP contribution in [0.4, 0.5) is 0 Å². The van der Waals surface area contributed by atoms with Crippen molar-refractivity contribution in [3.8, 4) is 0 Å². The molecule has 0 atom stereocenters. The van der Waals surface area contributed by atoms with Crippen molar-refractivity contribution in [1.29, 1.82) is 0 Å². The standard InChI is InChI=1S/C16H32O2S.C16H34OS.C4H8O.Al.Li.4H/c1-2-3-4-5-6-7-8-9-10-11-12-13-14-19-15-16(17)18;1-2-3-4-5-6-7-8-9-10-11-12-13-15-18-16-14-17;1-2-4-5-3-1;;;;;;/h2-15H2,1H3,(H,17,18);17H,2-16H2,1H3;1-4H2;;;;;;/q;;;;+1;;;;-1. The third-order valence-electron chi connectivity index (χ3n) is 7.57. The first-order valence-corrected chi connectivity index (χ1v) is 20.6. The third kappa shape index (κ3) is 55.6. The van der Waals surface area contributed by atoms with Gasteiger partial charge in [0, 0.05) is 19.0 Å². The molecule has 0 aromatic heterocycles. The Morgan fingerprint density at radius 3 is 1.16 bits per heavy atom. The van der Waals surface area contributed by atoms with Gasteiger partial charge in [-0.05, 0) is 37.2 Å². The molecule has 262 valence electrons. The molecule has 1 rings (SSSR count). The van der Waals surface area contributed by atoms with Crippen molar-refractivity contribution in [2.75, 3.05) is 42.8 Å². The second-order valence-electron chi connectivity index (χ2n) is 11.9. The molecule has 0 aromatic carbocycles. The molecule has 0 bridgehead atoms. The Labute approximate surface area is 308 Å². The summed E-state index contributed by atoms with van der Waals surface area (Å²) in [4.78, 5) is 10.3. The molecule has 0 saturated carbocycles. The van der Waals surface area contributed by atoms with Gasteiger partial charge in [-0.1, -0.05) is 155 Å². The maximum atomic E-state index is 10.3. The van der Waals surface area contributed by atoms with Crippen LogP contribution in [0, 0.1) is 0 Å². The van der Waals surface area contributed by atoms with E-state index in [4.69, 9.17) is 14.9 Å². The summed E-state index contributed by atoms with van der Waals surface area (Å²) in [5, 5.41) is 17.1. The zero-order chi connectivity index (χ0) is 31.0. The molecule has 44 heavy (non-hydrogen) atoms. The van der Waals surface area contributed by atoms with Crippen LogP contribution in [0.15, 0.2) is 0 Å². The Morgan fingerprint density at radius 2 is 0.886 bits per heavy atom. The van der Waals surface area contributed by atoms with E-state index in [1.54, 1.807) is 11.8 Å². The van der Waals surface area contributed by atoms with E-state index in [-0.39, 0.29) is 43.4 Å². The molecule has 0 unspecified atom stereocenters. The summed E-state index contributed by atoms with van der Waals surface area (Å²) in [6.45, 7) is 6.88. The maximum Gasteiger partial charge on any atom is 1.00 e. The number of rotatable bonds is 30. The SMILES string of the molecule is C1CCOC1.CCCCCCCCCCCCCCSCC(=O)O.CCCCCCCCCCCCCCSCCO.[AlH3].[H-].[Li+]. The smallest absolute Gasteiger partial charge is 1.00 e.